The van der Waals surface area contributed by atoms with E-state index < -0.39 is 0 Å². The van der Waals surface area contributed by atoms with E-state index in [1.54, 1.807) is 7.11 Å². The molecule has 4 rings (SSSR count). The number of nitrogens with zero attached hydrogens (tertiary/aromatic N) is 2. The summed E-state index contributed by atoms with van der Waals surface area (Å²) in [5, 5.41) is 1.94. The van der Waals surface area contributed by atoms with Crippen LogP contribution in [0.3, 0.4) is 0 Å². The minimum atomic E-state index is -0.310. The Morgan fingerprint density at radius 2 is 2.30 bits per heavy atom. The van der Waals surface area contributed by atoms with Gasteiger partial charge in [-0.05, 0) is 30.5 Å². The lowest BCUT2D eigenvalue weighted by Crippen LogP contribution is -2.42. The van der Waals surface area contributed by atoms with Gasteiger partial charge in [-0.1, -0.05) is 12.1 Å². The Balaban J connectivity index is 1.78. The van der Waals surface area contributed by atoms with Gasteiger partial charge in [0.15, 0.2) is 0 Å². The van der Waals surface area contributed by atoms with Crippen molar-refractivity contribution in [2.24, 2.45) is 11.7 Å². The van der Waals surface area contributed by atoms with Crippen molar-refractivity contribution in [2.45, 2.75) is 12.8 Å². The third-order valence-corrected chi connectivity index (χ3v) is 5.89. The number of primary amides is 1. The molecule has 7 nitrogen and oxygen atoms in total. The van der Waals surface area contributed by atoms with Crippen LogP contribution < -0.4 is 20.9 Å². The summed E-state index contributed by atoms with van der Waals surface area (Å²) in [5.74, 6) is 0.703. The second kappa shape index (κ2) is 7.03. The monoisotopic (exact) mass is 384 g/mol. The Morgan fingerprint density at radius 1 is 1.44 bits per heavy atom. The number of amides is 1. The third-order valence-electron chi connectivity index (χ3n) is 4.92. The number of hydrogen-bond donors (Lipinski definition) is 2. The Bertz CT molecular complexity index is 1060. The summed E-state index contributed by atoms with van der Waals surface area (Å²) in [5.41, 5.74) is 7.80. The zero-order valence-corrected chi connectivity index (χ0v) is 15.7. The van der Waals surface area contributed by atoms with Crippen LogP contribution in [0.15, 0.2) is 34.4 Å². The SMILES string of the molecule is COc1cccc(-c2csc3c(=O)[nH]c(N4CCCC(C(N)=O)C4)nc23)c1. The van der Waals surface area contributed by atoms with Crippen LogP contribution in [-0.4, -0.2) is 36.1 Å². The van der Waals surface area contributed by atoms with Crippen molar-refractivity contribution in [3.8, 4) is 16.9 Å². The normalized spacial score (nSPS) is 17.2. The fraction of sp³-hybridized carbons (Fsp3) is 0.316. The summed E-state index contributed by atoms with van der Waals surface area (Å²) in [6.45, 7) is 1.21. The van der Waals surface area contributed by atoms with Gasteiger partial charge in [0.1, 0.15) is 10.4 Å². The molecular formula is C19H20N4O3S. The van der Waals surface area contributed by atoms with Crippen molar-refractivity contribution < 1.29 is 9.53 Å². The smallest absolute Gasteiger partial charge is 0.270 e. The lowest BCUT2D eigenvalue weighted by Gasteiger charge is -2.31. The zero-order valence-electron chi connectivity index (χ0n) is 14.9. The molecule has 140 valence electrons. The topological polar surface area (TPSA) is 101 Å². The van der Waals surface area contributed by atoms with Crippen LogP contribution >= 0.6 is 11.3 Å². The van der Waals surface area contributed by atoms with E-state index in [2.05, 4.69) is 4.98 Å². The van der Waals surface area contributed by atoms with Gasteiger partial charge in [-0.2, -0.15) is 0 Å². The summed E-state index contributed by atoms with van der Waals surface area (Å²) in [7, 11) is 1.62. The Kier molecular flexibility index (Phi) is 4.57. The Morgan fingerprint density at radius 3 is 3.07 bits per heavy atom. The van der Waals surface area contributed by atoms with Crippen LogP contribution in [0.25, 0.3) is 21.3 Å². The van der Waals surface area contributed by atoms with E-state index in [0.717, 1.165) is 36.3 Å². The van der Waals surface area contributed by atoms with Gasteiger partial charge >= 0.3 is 0 Å². The highest BCUT2D eigenvalue weighted by atomic mass is 32.1. The van der Waals surface area contributed by atoms with Gasteiger partial charge in [0.05, 0.1) is 18.5 Å². The largest absolute Gasteiger partial charge is 0.497 e. The maximum Gasteiger partial charge on any atom is 0.270 e. The van der Waals surface area contributed by atoms with E-state index in [0.29, 0.717) is 22.7 Å². The molecule has 1 aliphatic heterocycles. The highest BCUT2D eigenvalue weighted by molar-refractivity contribution is 7.17. The molecule has 0 saturated carbocycles. The summed E-state index contributed by atoms with van der Waals surface area (Å²) in [6.07, 6.45) is 1.60. The number of rotatable bonds is 4. The number of methoxy groups -OCH3 is 1. The van der Waals surface area contributed by atoms with Crippen LogP contribution in [0.4, 0.5) is 5.95 Å². The number of nitrogens with one attached hydrogen (secondary N) is 1. The fourth-order valence-corrected chi connectivity index (χ4v) is 4.37. The molecule has 2 aromatic heterocycles. The molecule has 1 aliphatic rings. The molecule has 1 saturated heterocycles. The fourth-order valence-electron chi connectivity index (χ4n) is 3.46. The molecule has 3 aromatic rings. The van der Waals surface area contributed by atoms with Gasteiger partial charge in [-0.15, -0.1) is 11.3 Å². The van der Waals surface area contributed by atoms with E-state index in [9.17, 15) is 9.59 Å². The Hall–Kier alpha value is -2.87. The average Bonchev–Trinajstić information content (AvgIpc) is 3.12. The molecule has 1 aromatic carbocycles. The molecule has 1 amide bonds. The second-order valence-corrected chi connectivity index (χ2v) is 7.52. The van der Waals surface area contributed by atoms with Crippen LogP contribution in [0.5, 0.6) is 5.75 Å². The number of piperidine rings is 1. The first-order valence-corrected chi connectivity index (χ1v) is 9.65. The molecule has 0 spiro atoms. The van der Waals surface area contributed by atoms with Crippen molar-refractivity contribution in [2.75, 3.05) is 25.1 Å². The first-order valence-electron chi connectivity index (χ1n) is 8.77. The minimum Gasteiger partial charge on any atom is -0.497 e. The number of aromatic nitrogens is 2. The number of anilines is 1. The molecule has 27 heavy (non-hydrogen) atoms. The van der Waals surface area contributed by atoms with Crippen molar-refractivity contribution in [1.82, 2.24) is 9.97 Å². The number of nitrogens with two attached hydrogens (primary N) is 1. The molecule has 3 N–H and O–H groups in total. The first-order chi connectivity index (χ1) is 13.1. The molecule has 1 fully saturated rings. The van der Waals surface area contributed by atoms with Crippen molar-refractivity contribution in [3.63, 3.8) is 0 Å². The van der Waals surface area contributed by atoms with Crippen molar-refractivity contribution in [3.05, 3.63) is 40.0 Å². The predicted molar refractivity (Wildman–Crippen MR) is 106 cm³/mol. The van der Waals surface area contributed by atoms with Crippen LogP contribution in [0, 0.1) is 5.92 Å². The van der Waals surface area contributed by atoms with Gasteiger partial charge in [0.2, 0.25) is 11.9 Å². The number of thiophene rings is 1. The average molecular weight is 384 g/mol. The van der Waals surface area contributed by atoms with Crippen LogP contribution in [0.1, 0.15) is 12.8 Å². The van der Waals surface area contributed by atoms with Crippen molar-refractivity contribution >= 4 is 33.4 Å². The van der Waals surface area contributed by atoms with Gasteiger partial charge < -0.3 is 15.4 Å². The van der Waals surface area contributed by atoms with Crippen molar-refractivity contribution in [1.29, 1.82) is 0 Å². The highest BCUT2D eigenvalue weighted by Crippen LogP contribution is 2.33. The van der Waals surface area contributed by atoms with E-state index in [1.807, 2.05) is 34.5 Å². The summed E-state index contributed by atoms with van der Waals surface area (Å²) >= 11 is 1.37. The first kappa shape index (κ1) is 17.5. The lowest BCUT2D eigenvalue weighted by atomic mass is 9.98. The number of aromatic amines is 1. The van der Waals surface area contributed by atoms with E-state index >= 15 is 0 Å². The molecular weight excluding hydrogens is 364 g/mol. The number of carbonyl (C=O) groups is 1. The van der Waals surface area contributed by atoms with Gasteiger partial charge in [-0.3, -0.25) is 14.6 Å². The Labute approximate surface area is 159 Å². The number of hydrogen-bond acceptors (Lipinski definition) is 6. The number of fused-ring (bicyclic) bond motifs is 1. The minimum absolute atomic E-state index is 0.171. The summed E-state index contributed by atoms with van der Waals surface area (Å²) in [4.78, 5) is 33.7. The van der Waals surface area contributed by atoms with Gasteiger partial charge in [0, 0.05) is 24.0 Å². The quantitative estimate of drug-likeness (QED) is 0.719. The molecule has 0 radical (unpaired) electrons. The molecule has 3 heterocycles. The molecule has 0 bridgehead atoms. The molecule has 1 unspecified atom stereocenters. The number of benzene rings is 1. The highest BCUT2D eigenvalue weighted by Gasteiger charge is 2.26. The summed E-state index contributed by atoms with van der Waals surface area (Å²) in [6, 6.07) is 7.68. The number of ether oxygens (including phenoxy) is 1. The molecule has 1 atom stereocenters. The standard InChI is InChI=1S/C19H20N4O3S/c1-26-13-6-2-4-11(8-13)14-10-27-16-15(14)21-19(22-18(16)25)23-7-3-5-12(9-23)17(20)24/h2,4,6,8,10,12H,3,5,7,9H2,1H3,(H2,20,24)(H,21,22,25). The predicted octanol–water partition coefficient (Wildman–Crippen LogP) is 2.36. The zero-order chi connectivity index (χ0) is 19.0. The summed E-state index contributed by atoms with van der Waals surface area (Å²) < 4.78 is 5.89. The molecule has 8 heteroatoms. The van der Waals surface area contributed by atoms with E-state index in [1.165, 1.54) is 11.3 Å². The van der Waals surface area contributed by atoms with E-state index in [-0.39, 0.29) is 17.4 Å². The maximum absolute atomic E-state index is 12.6. The second-order valence-electron chi connectivity index (χ2n) is 6.64. The number of H-pyrrole nitrogens is 1. The van der Waals surface area contributed by atoms with Gasteiger partial charge in [-0.25, -0.2) is 4.98 Å². The lowest BCUT2D eigenvalue weighted by molar-refractivity contribution is -0.122. The molecule has 0 aliphatic carbocycles. The van der Waals surface area contributed by atoms with Crippen LogP contribution in [0.2, 0.25) is 0 Å². The number of carbonyl (C=O) groups excluding carboxylic acids is 1. The third kappa shape index (κ3) is 3.28. The van der Waals surface area contributed by atoms with Gasteiger partial charge in [0.25, 0.3) is 5.56 Å². The van der Waals surface area contributed by atoms with Crippen LogP contribution in [-0.2, 0) is 4.79 Å². The van der Waals surface area contributed by atoms with E-state index in [4.69, 9.17) is 15.5 Å². The maximum atomic E-state index is 12.6.